The molecule has 1 N–H and O–H groups in total. The number of carbonyl (C=O) groups is 1. The number of nitrogens with one attached hydrogen (secondary N) is 1. The second kappa shape index (κ2) is 7.19. The van der Waals surface area contributed by atoms with Gasteiger partial charge in [0, 0.05) is 42.2 Å². The Morgan fingerprint density at radius 2 is 1.90 bits per heavy atom. The average molecular weight is 443 g/mol. The highest BCUT2D eigenvalue weighted by atomic mass is 32.2. The Balaban J connectivity index is 1.62. The zero-order chi connectivity index (χ0) is 21.9. The molecule has 0 spiro atoms. The molecule has 1 aliphatic rings. The normalized spacial score (nSPS) is 15.9. The van der Waals surface area contributed by atoms with E-state index >= 15 is 0 Å². The van der Waals surface area contributed by atoms with Crippen molar-refractivity contribution in [1.29, 1.82) is 0 Å². The molecule has 158 valence electrons. The topological polar surface area (TPSA) is 57.6 Å². The van der Waals surface area contributed by atoms with Gasteiger partial charge in [0.25, 0.3) is 11.5 Å². The molecule has 9 heteroatoms. The number of thioether (sulfide) groups is 1. The zero-order valence-corrected chi connectivity index (χ0v) is 17.1. The van der Waals surface area contributed by atoms with Crippen molar-refractivity contribution >= 4 is 34.0 Å². The van der Waals surface area contributed by atoms with Crippen molar-refractivity contribution in [2.75, 3.05) is 12.8 Å². The molecular weight excluding hydrogens is 427 g/mol. The number of benzene rings is 1. The van der Waals surface area contributed by atoms with Gasteiger partial charge in [0.15, 0.2) is 11.6 Å². The molecule has 1 amide bonds. The monoisotopic (exact) mass is 443 g/mol. The van der Waals surface area contributed by atoms with Crippen LogP contribution in [0.3, 0.4) is 0 Å². The Morgan fingerprint density at radius 3 is 2.65 bits per heavy atom. The van der Waals surface area contributed by atoms with Crippen LogP contribution in [0.2, 0.25) is 0 Å². The smallest absolute Gasteiger partial charge is 0.256 e. The number of nitrogens with zero attached hydrogens (tertiary/aromatic N) is 2. The van der Waals surface area contributed by atoms with Crippen LogP contribution in [0.1, 0.15) is 27.7 Å². The minimum Gasteiger partial charge on any atom is -0.334 e. The molecule has 31 heavy (non-hydrogen) atoms. The Kier molecular flexibility index (Phi) is 4.58. The first kappa shape index (κ1) is 19.7. The van der Waals surface area contributed by atoms with Gasteiger partial charge in [-0.3, -0.25) is 9.59 Å². The molecule has 1 aromatic carbocycles. The van der Waals surface area contributed by atoms with E-state index in [1.54, 1.807) is 25.5 Å². The summed E-state index contributed by atoms with van der Waals surface area (Å²) in [6, 6.07) is 5.75. The highest BCUT2D eigenvalue weighted by molar-refractivity contribution is 7.98. The molecule has 0 aliphatic carbocycles. The van der Waals surface area contributed by atoms with Gasteiger partial charge in [0.1, 0.15) is 5.82 Å². The van der Waals surface area contributed by atoms with Crippen LogP contribution in [0.25, 0.3) is 16.3 Å². The lowest BCUT2D eigenvalue weighted by Crippen LogP contribution is -2.35. The minimum atomic E-state index is -1.10. The highest BCUT2D eigenvalue weighted by Crippen LogP contribution is 2.38. The van der Waals surface area contributed by atoms with Crippen LogP contribution in [0.5, 0.6) is 0 Å². The minimum absolute atomic E-state index is 0.0343. The van der Waals surface area contributed by atoms with Crippen LogP contribution in [0.15, 0.2) is 47.5 Å². The summed E-state index contributed by atoms with van der Waals surface area (Å²) >= 11 is 1.52. The number of halogens is 3. The summed E-state index contributed by atoms with van der Waals surface area (Å²) < 4.78 is 43.4. The Labute approximate surface area is 178 Å². The maximum atomic E-state index is 14.0. The zero-order valence-electron chi connectivity index (χ0n) is 16.3. The van der Waals surface area contributed by atoms with Crippen LogP contribution in [-0.2, 0) is 5.75 Å². The Bertz CT molecular complexity index is 1430. The number of rotatable bonds is 2. The summed E-state index contributed by atoms with van der Waals surface area (Å²) in [6.45, 7) is 0. The van der Waals surface area contributed by atoms with E-state index in [1.807, 2.05) is 0 Å². The van der Waals surface area contributed by atoms with E-state index in [9.17, 15) is 22.8 Å². The van der Waals surface area contributed by atoms with Gasteiger partial charge < -0.3 is 14.3 Å². The van der Waals surface area contributed by atoms with Gasteiger partial charge in [0.2, 0.25) is 0 Å². The lowest BCUT2D eigenvalue weighted by atomic mass is 9.97. The SMILES string of the molecule is CN(C(=O)c1cc2c(F)cccn2c1)[C@@H]1CSCc2[nH]c(=O)c3cc(F)c(F)cc3c21. The van der Waals surface area contributed by atoms with E-state index in [0.29, 0.717) is 28.3 Å². The number of H-pyrrole nitrogens is 1. The molecule has 5 rings (SSSR count). The van der Waals surface area contributed by atoms with E-state index in [4.69, 9.17) is 0 Å². The van der Waals surface area contributed by atoms with E-state index < -0.39 is 29.1 Å². The van der Waals surface area contributed by atoms with Crippen LogP contribution in [-0.4, -0.2) is 33.0 Å². The van der Waals surface area contributed by atoms with Crippen LogP contribution in [0, 0.1) is 17.5 Å². The van der Waals surface area contributed by atoms with Crippen molar-refractivity contribution in [3.05, 3.63) is 87.4 Å². The number of amides is 1. The first-order valence-electron chi connectivity index (χ1n) is 9.50. The van der Waals surface area contributed by atoms with E-state index in [0.717, 1.165) is 12.1 Å². The fourth-order valence-corrected chi connectivity index (χ4v) is 5.27. The summed E-state index contributed by atoms with van der Waals surface area (Å²) in [7, 11) is 1.61. The number of carbonyl (C=O) groups excluding carboxylic acids is 1. The second-order valence-corrected chi connectivity index (χ2v) is 8.51. The van der Waals surface area contributed by atoms with Gasteiger partial charge in [-0.05, 0) is 35.7 Å². The van der Waals surface area contributed by atoms with Crippen molar-refractivity contribution in [1.82, 2.24) is 14.3 Å². The standard InChI is InChI=1S/C22H16F3N3O2S/c1-27(22(30)11-5-18-14(23)3-2-4-28(18)8-11)19-10-31-9-17-20(19)12-6-15(24)16(25)7-13(12)21(29)26-17/h2-8,19H,9-10H2,1H3,(H,26,29)/t19-/m1/s1. The third-order valence-corrected chi connectivity index (χ3v) is 6.70. The molecule has 4 heterocycles. The molecule has 0 unspecified atom stereocenters. The van der Waals surface area contributed by atoms with Crippen LogP contribution >= 0.6 is 11.8 Å². The summed E-state index contributed by atoms with van der Waals surface area (Å²) in [4.78, 5) is 29.9. The molecule has 0 radical (unpaired) electrons. The molecule has 0 saturated heterocycles. The summed E-state index contributed by atoms with van der Waals surface area (Å²) in [5.41, 5.74) is 1.26. The van der Waals surface area contributed by atoms with Gasteiger partial charge in [-0.2, -0.15) is 11.8 Å². The van der Waals surface area contributed by atoms with E-state index in [1.165, 1.54) is 33.2 Å². The molecule has 0 fully saturated rings. The van der Waals surface area contributed by atoms with Crippen molar-refractivity contribution in [2.45, 2.75) is 11.8 Å². The maximum absolute atomic E-state index is 14.0. The average Bonchev–Trinajstić information content (AvgIpc) is 3.19. The molecule has 3 aromatic heterocycles. The molecule has 0 saturated carbocycles. The second-order valence-electron chi connectivity index (χ2n) is 7.48. The number of aromatic nitrogens is 2. The van der Waals surface area contributed by atoms with Crippen molar-refractivity contribution in [2.24, 2.45) is 0 Å². The van der Waals surface area contributed by atoms with Gasteiger partial charge in [-0.1, -0.05) is 0 Å². The highest BCUT2D eigenvalue weighted by Gasteiger charge is 2.31. The summed E-state index contributed by atoms with van der Waals surface area (Å²) in [6.07, 6.45) is 3.20. The third kappa shape index (κ3) is 3.11. The van der Waals surface area contributed by atoms with Crippen molar-refractivity contribution in [3.63, 3.8) is 0 Å². The number of hydrogen-bond donors (Lipinski definition) is 1. The van der Waals surface area contributed by atoms with Gasteiger partial charge in [-0.25, -0.2) is 13.2 Å². The van der Waals surface area contributed by atoms with E-state index in [-0.39, 0.29) is 22.2 Å². The predicted octanol–water partition coefficient (Wildman–Crippen LogP) is 4.26. The molecule has 1 aliphatic heterocycles. The predicted molar refractivity (Wildman–Crippen MR) is 113 cm³/mol. The van der Waals surface area contributed by atoms with Crippen molar-refractivity contribution < 1.29 is 18.0 Å². The molecular formula is C22H16F3N3O2S. The maximum Gasteiger partial charge on any atom is 0.256 e. The number of aromatic amines is 1. The Morgan fingerprint density at radius 1 is 1.16 bits per heavy atom. The molecule has 0 bridgehead atoms. The quantitative estimate of drug-likeness (QED) is 0.504. The van der Waals surface area contributed by atoms with Crippen LogP contribution in [0.4, 0.5) is 13.2 Å². The molecule has 5 nitrogen and oxygen atoms in total. The first-order valence-corrected chi connectivity index (χ1v) is 10.7. The summed E-state index contributed by atoms with van der Waals surface area (Å²) in [5.74, 6) is -1.95. The van der Waals surface area contributed by atoms with Gasteiger partial charge in [-0.15, -0.1) is 0 Å². The molecule has 1 atom stereocenters. The Hall–Kier alpha value is -3.20. The fourth-order valence-electron chi connectivity index (χ4n) is 4.11. The lowest BCUT2D eigenvalue weighted by molar-refractivity contribution is 0.0745. The third-order valence-electron chi connectivity index (χ3n) is 5.66. The number of fused-ring (bicyclic) bond motifs is 4. The van der Waals surface area contributed by atoms with Crippen LogP contribution < -0.4 is 5.56 Å². The lowest BCUT2D eigenvalue weighted by Gasteiger charge is -2.33. The summed E-state index contributed by atoms with van der Waals surface area (Å²) in [5, 5.41) is 0.322. The number of hydrogen-bond acceptors (Lipinski definition) is 3. The van der Waals surface area contributed by atoms with Gasteiger partial charge in [0.05, 0.1) is 22.5 Å². The largest absolute Gasteiger partial charge is 0.334 e. The molecule has 4 aromatic rings. The fraction of sp³-hybridized carbons (Fsp3) is 0.182. The first-order chi connectivity index (χ1) is 14.8. The van der Waals surface area contributed by atoms with E-state index in [2.05, 4.69) is 4.98 Å². The van der Waals surface area contributed by atoms with Gasteiger partial charge >= 0.3 is 0 Å². The number of pyridine rings is 2. The van der Waals surface area contributed by atoms with Crippen molar-refractivity contribution in [3.8, 4) is 0 Å².